The van der Waals surface area contributed by atoms with Crippen molar-refractivity contribution in [1.29, 1.82) is 0 Å². The molecule has 88 valence electrons. The summed E-state index contributed by atoms with van der Waals surface area (Å²) in [4.78, 5) is 16.5. The first-order valence-corrected chi connectivity index (χ1v) is 6.05. The van der Waals surface area contributed by atoms with Crippen molar-refractivity contribution in [3.63, 3.8) is 0 Å². The normalized spacial score (nSPS) is 20.3. The molecule has 2 heterocycles. The Hall–Kier alpha value is -1.21. The van der Waals surface area contributed by atoms with Crippen LogP contribution in [0.1, 0.15) is 12.8 Å². The number of rotatable bonds is 4. The maximum absolute atomic E-state index is 10.6. The van der Waals surface area contributed by atoms with Gasteiger partial charge >= 0.3 is 5.00 Å². The Bertz CT molecular complexity index is 381. The van der Waals surface area contributed by atoms with E-state index >= 15 is 0 Å². The number of anilines is 1. The Balaban J connectivity index is 2.13. The zero-order valence-corrected chi connectivity index (χ0v) is 9.87. The highest BCUT2D eigenvalue weighted by Gasteiger charge is 2.27. The van der Waals surface area contributed by atoms with Crippen molar-refractivity contribution in [3.8, 4) is 0 Å². The molecular weight excluding hydrogens is 228 g/mol. The van der Waals surface area contributed by atoms with Gasteiger partial charge in [0.25, 0.3) is 0 Å². The predicted molar refractivity (Wildman–Crippen MR) is 63.1 cm³/mol. The molecule has 1 atom stereocenters. The van der Waals surface area contributed by atoms with Gasteiger partial charge in [-0.2, -0.15) is 0 Å². The van der Waals surface area contributed by atoms with E-state index in [4.69, 9.17) is 0 Å². The average Bonchev–Trinajstić information content (AvgIpc) is 2.84. The van der Waals surface area contributed by atoms with E-state index in [1.54, 1.807) is 0 Å². The highest BCUT2D eigenvalue weighted by atomic mass is 32.1. The van der Waals surface area contributed by atoms with Crippen LogP contribution in [0.4, 0.5) is 10.1 Å². The molecule has 1 N–H and O–H groups in total. The van der Waals surface area contributed by atoms with E-state index in [0.29, 0.717) is 6.04 Å². The summed E-state index contributed by atoms with van der Waals surface area (Å²) in [6, 6.07) is 0.413. The molecule has 0 amide bonds. The van der Waals surface area contributed by atoms with Gasteiger partial charge in [-0.25, -0.2) is 4.98 Å². The number of nitrogens with zero attached hydrogens (tertiary/aromatic N) is 3. The summed E-state index contributed by atoms with van der Waals surface area (Å²) in [6.07, 6.45) is 3.59. The summed E-state index contributed by atoms with van der Waals surface area (Å²) in [6.45, 7) is 1.84. The topological polar surface area (TPSA) is 71.3 Å². The van der Waals surface area contributed by atoms with Crippen molar-refractivity contribution >= 4 is 21.5 Å². The largest absolute Gasteiger partial charge is 0.345 e. The highest BCUT2D eigenvalue weighted by molar-refractivity contribution is 7.18. The minimum absolute atomic E-state index is 0.116. The first-order chi connectivity index (χ1) is 7.72. The number of thiazole rings is 1. The molecule has 0 aromatic carbocycles. The minimum Gasteiger partial charge on any atom is -0.344 e. The molecule has 0 spiro atoms. The van der Waals surface area contributed by atoms with Gasteiger partial charge in [0, 0.05) is 19.1 Å². The van der Waals surface area contributed by atoms with Crippen LogP contribution in [0.3, 0.4) is 0 Å². The number of hydrogen-bond donors (Lipinski definition) is 1. The van der Waals surface area contributed by atoms with Crippen LogP contribution in [0.5, 0.6) is 0 Å². The molecule has 0 bridgehead atoms. The third kappa shape index (κ3) is 2.14. The quantitative estimate of drug-likeness (QED) is 0.635. The molecule has 2 rings (SSSR count). The smallest absolute Gasteiger partial charge is 0.344 e. The monoisotopic (exact) mass is 242 g/mol. The summed E-state index contributed by atoms with van der Waals surface area (Å²) in [5.41, 5.74) is 0. The Morgan fingerprint density at radius 1 is 1.81 bits per heavy atom. The van der Waals surface area contributed by atoms with Gasteiger partial charge in [0.05, 0.1) is 4.92 Å². The molecule has 6 nitrogen and oxygen atoms in total. The molecule has 7 heteroatoms. The van der Waals surface area contributed by atoms with Crippen LogP contribution in [0.2, 0.25) is 0 Å². The van der Waals surface area contributed by atoms with E-state index in [1.165, 1.54) is 6.20 Å². The molecule has 0 radical (unpaired) electrons. The van der Waals surface area contributed by atoms with Crippen LogP contribution in [0.15, 0.2) is 6.20 Å². The molecule has 0 saturated carbocycles. The first kappa shape index (κ1) is 11.3. The van der Waals surface area contributed by atoms with E-state index < -0.39 is 0 Å². The minimum atomic E-state index is -0.385. The Labute approximate surface area is 97.4 Å². The Morgan fingerprint density at radius 3 is 3.25 bits per heavy atom. The molecule has 1 aliphatic heterocycles. The van der Waals surface area contributed by atoms with Crippen LogP contribution >= 0.6 is 11.3 Å². The summed E-state index contributed by atoms with van der Waals surface area (Å²) in [5.74, 6) is 0. The van der Waals surface area contributed by atoms with Crippen molar-refractivity contribution in [2.75, 3.05) is 25.0 Å². The van der Waals surface area contributed by atoms with Crippen molar-refractivity contribution < 1.29 is 4.92 Å². The molecule has 1 saturated heterocycles. The number of aromatic nitrogens is 1. The standard InChI is InChI=1S/C9H14N4O2S/c1-10-5-7-3-2-4-12(7)9-11-6-8(16-9)13(14)15/h6-7,10H,2-5H2,1H3. The SMILES string of the molecule is CNCC1CCCN1c1ncc([N+](=O)[O-])s1. The van der Waals surface area contributed by atoms with E-state index in [0.717, 1.165) is 42.4 Å². The molecular formula is C9H14N4O2S. The third-order valence-corrected chi connectivity index (χ3v) is 3.71. The second kappa shape index (κ2) is 4.75. The predicted octanol–water partition coefficient (Wildman–Crippen LogP) is 1.24. The van der Waals surface area contributed by atoms with Gasteiger partial charge in [0.15, 0.2) is 5.13 Å². The summed E-state index contributed by atoms with van der Waals surface area (Å²) >= 11 is 1.16. The van der Waals surface area contributed by atoms with Crippen molar-refractivity contribution in [1.82, 2.24) is 10.3 Å². The molecule has 1 aromatic rings. The van der Waals surface area contributed by atoms with Gasteiger partial charge in [0.1, 0.15) is 6.20 Å². The van der Waals surface area contributed by atoms with Gasteiger partial charge in [-0.1, -0.05) is 0 Å². The third-order valence-electron chi connectivity index (χ3n) is 2.72. The molecule has 1 unspecified atom stereocenters. The molecule has 16 heavy (non-hydrogen) atoms. The summed E-state index contributed by atoms with van der Waals surface area (Å²) in [7, 11) is 1.92. The van der Waals surface area contributed by atoms with E-state index in [-0.39, 0.29) is 9.92 Å². The maximum atomic E-state index is 10.6. The fraction of sp³-hybridized carbons (Fsp3) is 0.667. The molecule has 1 aliphatic rings. The van der Waals surface area contributed by atoms with Crippen LogP contribution in [-0.2, 0) is 0 Å². The van der Waals surface area contributed by atoms with Crippen molar-refractivity contribution in [3.05, 3.63) is 16.3 Å². The molecule has 1 aromatic heterocycles. The zero-order valence-electron chi connectivity index (χ0n) is 9.05. The van der Waals surface area contributed by atoms with Gasteiger partial charge < -0.3 is 10.2 Å². The second-order valence-electron chi connectivity index (χ2n) is 3.79. The van der Waals surface area contributed by atoms with Crippen molar-refractivity contribution in [2.45, 2.75) is 18.9 Å². The van der Waals surface area contributed by atoms with E-state index in [1.807, 2.05) is 7.05 Å². The van der Waals surface area contributed by atoms with Gasteiger partial charge in [-0.3, -0.25) is 10.1 Å². The van der Waals surface area contributed by atoms with Gasteiger partial charge in [-0.15, -0.1) is 0 Å². The second-order valence-corrected chi connectivity index (χ2v) is 4.77. The number of hydrogen-bond acceptors (Lipinski definition) is 6. The summed E-state index contributed by atoms with van der Waals surface area (Å²) < 4.78 is 0. The lowest BCUT2D eigenvalue weighted by molar-refractivity contribution is -0.380. The lowest BCUT2D eigenvalue weighted by atomic mass is 10.2. The van der Waals surface area contributed by atoms with Gasteiger partial charge in [0.2, 0.25) is 0 Å². The lowest BCUT2D eigenvalue weighted by Gasteiger charge is -2.23. The van der Waals surface area contributed by atoms with Crippen LogP contribution in [0, 0.1) is 10.1 Å². The Kier molecular flexibility index (Phi) is 3.35. The Morgan fingerprint density at radius 2 is 2.62 bits per heavy atom. The van der Waals surface area contributed by atoms with Crippen molar-refractivity contribution in [2.24, 2.45) is 0 Å². The summed E-state index contributed by atoms with van der Waals surface area (Å²) in [5, 5.41) is 14.6. The van der Waals surface area contributed by atoms with E-state index in [9.17, 15) is 10.1 Å². The molecule has 0 aliphatic carbocycles. The van der Waals surface area contributed by atoms with Crippen LogP contribution in [0.25, 0.3) is 0 Å². The number of likely N-dealkylation sites (N-methyl/N-ethyl adjacent to an activating group) is 1. The fourth-order valence-corrected chi connectivity index (χ4v) is 2.84. The zero-order chi connectivity index (χ0) is 11.5. The highest BCUT2D eigenvalue weighted by Crippen LogP contribution is 2.32. The number of nitrogens with one attached hydrogen (secondary N) is 1. The van der Waals surface area contributed by atoms with Crippen LogP contribution in [-0.4, -0.2) is 36.1 Å². The number of nitro groups is 1. The van der Waals surface area contributed by atoms with Gasteiger partial charge in [-0.05, 0) is 31.2 Å². The van der Waals surface area contributed by atoms with Crippen LogP contribution < -0.4 is 10.2 Å². The fourth-order valence-electron chi connectivity index (χ4n) is 2.01. The lowest BCUT2D eigenvalue weighted by Crippen LogP contribution is -2.36. The average molecular weight is 242 g/mol. The first-order valence-electron chi connectivity index (χ1n) is 5.24. The maximum Gasteiger partial charge on any atom is 0.345 e. The molecule has 1 fully saturated rings. The van der Waals surface area contributed by atoms with E-state index in [2.05, 4.69) is 15.2 Å².